The van der Waals surface area contributed by atoms with Gasteiger partial charge in [-0.3, -0.25) is 4.79 Å². The average molecular weight is 326 g/mol. The Morgan fingerprint density at radius 3 is 3.00 bits per heavy atom. The second kappa shape index (κ2) is 5.83. The van der Waals surface area contributed by atoms with Crippen molar-refractivity contribution in [3.63, 3.8) is 0 Å². The van der Waals surface area contributed by atoms with Crippen LogP contribution in [0.15, 0.2) is 28.9 Å². The van der Waals surface area contributed by atoms with Gasteiger partial charge in [0.15, 0.2) is 0 Å². The molecular formula is C12H12BrN3O3. The molecule has 0 aliphatic carbocycles. The zero-order chi connectivity index (χ0) is 13.8. The van der Waals surface area contributed by atoms with Gasteiger partial charge in [-0.2, -0.15) is 0 Å². The second-order valence-electron chi connectivity index (χ2n) is 3.87. The normalized spacial score (nSPS) is 10.4. The molecule has 7 heteroatoms. The zero-order valence-corrected chi connectivity index (χ0v) is 11.8. The van der Waals surface area contributed by atoms with E-state index in [1.54, 1.807) is 18.0 Å². The summed E-state index contributed by atoms with van der Waals surface area (Å²) >= 11 is 3.37. The highest BCUT2D eigenvalue weighted by atomic mass is 79.9. The lowest BCUT2D eigenvalue weighted by molar-refractivity contribution is -0.136. The van der Waals surface area contributed by atoms with Gasteiger partial charge < -0.3 is 9.84 Å². The van der Waals surface area contributed by atoms with E-state index in [9.17, 15) is 4.79 Å². The third-order valence-corrected chi connectivity index (χ3v) is 3.19. The van der Waals surface area contributed by atoms with E-state index in [4.69, 9.17) is 9.84 Å². The van der Waals surface area contributed by atoms with E-state index in [-0.39, 0.29) is 6.42 Å². The Hall–Kier alpha value is -1.89. The maximum atomic E-state index is 10.5. The standard InChI is InChI=1S/C12H12BrN3O3/c1-19-11-6-9(3-4-10(11)13)16-7-8(14-15-16)2-5-12(17)18/h3-4,6-7H,2,5H2,1H3,(H,17,18). The van der Waals surface area contributed by atoms with Crippen LogP contribution >= 0.6 is 15.9 Å². The van der Waals surface area contributed by atoms with Crippen LogP contribution in [-0.4, -0.2) is 33.2 Å². The van der Waals surface area contributed by atoms with Gasteiger partial charge in [-0.15, -0.1) is 5.10 Å². The van der Waals surface area contributed by atoms with Gasteiger partial charge in [0.2, 0.25) is 0 Å². The minimum Gasteiger partial charge on any atom is -0.495 e. The highest BCUT2D eigenvalue weighted by molar-refractivity contribution is 9.10. The molecule has 1 aromatic heterocycles. The molecule has 0 bridgehead atoms. The SMILES string of the molecule is COc1cc(-n2cc(CCC(=O)O)nn2)ccc1Br. The third-order valence-electron chi connectivity index (χ3n) is 2.54. The van der Waals surface area contributed by atoms with Crippen molar-refractivity contribution in [1.82, 2.24) is 15.0 Å². The monoisotopic (exact) mass is 325 g/mol. The van der Waals surface area contributed by atoms with E-state index >= 15 is 0 Å². The van der Waals surface area contributed by atoms with Gasteiger partial charge >= 0.3 is 5.97 Å². The van der Waals surface area contributed by atoms with E-state index in [1.807, 2.05) is 18.2 Å². The maximum absolute atomic E-state index is 10.5. The Bertz CT molecular complexity index is 598. The molecule has 0 saturated carbocycles. The van der Waals surface area contributed by atoms with Crippen LogP contribution in [0.5, 0.6) is 5.75 Å². The Kier molecular flexibility index (Phi) is 4.16. The van der Waals surface area contributed by atoms with Crippen LogP contribution in [0.25, 0.3) is 5.69 Å². The summed E-state index contributed by atoms with van der Waals surface area (Å²) in [5, 5.41) is 16.5. The molecular weight excluding hydrogens is 314 g/mol. The van der Waals surface area contributed by atoms with Crippen molar-refractivity contribution in [1.29, 1.82) is 0 Å². The Morgan fingerprint density at radius 2 is 2.32 bits per heavy atom. The van der Waals surface area contributed by atoms with E-state index in [1.165, 1.54) is 0 Å². The number of carboxylic acid groups (broad SMARTS) is 1. The van der Waals surface area contributed by atoms with Crippen molar-refractivity contribution in [2.24, 2.45) is 0 Å². The van der Waals surface area contributed by atoms with Crippen molar-refractivity contribution in [2.75, 3.05) is 7.11 Å². The lowest BCUT2D eigenvalue weighted by Crippen LogP contribution is -1.97. The first kappa shape index (κ1) is 13.5. The molecule has 6 nitrogen and oxygen atoms in total. The number of methoxy groups -OCH3 is 1. The Morgan fingerprint density at radius 1 is 1.53 bits per heavy atom. The first-order valence-corrected chi connectivity index (χ1v) is 6.36. The predicted molar refractivity (Wildman–Crippen MR) is 71.6 cm³/mol. The minimum atomic E-state index is -0.847. The highest BCUT2D eigenvalue weighted by Gasteiger charge is 2.07. The van der Waals surface area contributed by atoms with Crippen LogP contribution in [0.1, 0.15) is 12.1 Å². The summed E-state index contributed by atoms with van der Waals surface area (Å²) in [6, 6.07) is 5.54. The molecule has 0 unspecified atom stereocenters. The van der Waals surface area contributed by atoms with Crippen LogP contribution in [0.4, 0.5) is 0 Å². The molecule has 0 spiro atoms. The lowest BCUT2D eigenvalue weighted by Gasteiger charge is -2.05. The topological polar surface area (TPSA) is 77.2 Å². The average Bonchev–Trinajstić information content (AvgIpc) is 2.86. The fourth-order valence-corrected chi connectivity index (χ4v) is 1.97. The number of halogens is 1. The second-order valence-corrected chi connectivity index (χ2v) is 4.72. The van der Waals surface area contributed by atoms with Gasteiger partial charge in [-0.05, 0) is 28.1 Å². The van der Waals surface area contributed by atoms with Crippen molar-refractivity contribution in [3.05, 3.63) is 34.6 Å². The molecule has 0 radical (unpaired) electrons. The smallest absolute Gasteiger partial charge is 0.303 e. The van der Waals surface area contributed by atoms with E-state index in [2.05, 4.69) is 26.2 Å². The number of aliphatic carboxylic acids is 1. The van der Waals surface area contributed by atoms with E-state index in [0.29, 0.717) is 17.9 Å². The van der Waals surface area contributed by atoms with Crippen molar-refractivity contribution in [3.8, 4) is 11.4 Å². The van der Waals surface area contributed by atoms with Gasteiger partial charge in [0.05, 0.1) is 35.6 Å². The summed E-state index contributed by atoms with van der Waals surface area (Å²) in [5.41, 5.74) is 1.44. The summed E-state index contributed by atoms with van der Waals surface area (Å²) in [5.74, 6) is -0.153. The van der Waals surface area contributed by atoms with Crippen LogP contribution in [0.2, 0.25) is 0 Å². The molecule has 19 heavy (non-hydrogen) atoms. The quantitative estimate of drug-likeness (QED) is 0.910. The molecule has 0 amide bonds. The fourth-order valence-electron chi connectivity index (χ4n) is 1.57. The number of hydrogen-bond acceptors (Lipinski definition) is 4. The number of rotatable bonds is 5. The summed E-state index contributed by atoms with van der Waals surface area (Å²) in [7, 11) is 1.59. The number of ether oxygens (including phenoxy) is 1. The summed E-state index contributed by atoms with van der Waals surface area (Å²) < 4.78 is 7.65. The van der Waals surface area contributed by atoms with Gasteiger partial charge in [-0.25, -0.2) is 4.68 Å². The molecule has 1 heterocycles. The highest BCUT2D eigenvalue weighted by Crippen LogP contribution is 2.26. The van der Waals surface area contributed by atoms with Crippen LogP contribution < -0.4 is 4.74 Å². The minimum absolute atomic E-state index is 0.0440. The largest absolute Gasteiger partial charge is 0.495 e. The Balaban J connectivity index is 2.20. The molecule has 2 aromatic rings. The van der Waals surface area contributed by atoms with Crippen molar-refractivity contribution >= 4 is 21.9 Å². The summed E-state index contributed by atoms with van der Waals surface area (Å²) in [6.45, 7) is 0. The predicted octanol–water partition coefficient (Wildman–Crippen LogP) is 2.06. The summed E-state index contributed by atoms with van der Waals surface area (Å²) in [6.07, 6.45) is 2.12. The van der Waals surface area contributed by atoms with Crippen LogP contribution in [0, 0.1) is 0 Å². The van der Waals surface area contributed by atoms with Crippen LogP contribution in [-0.2, 0) is 11.2 Å². The van der Waals surface area contributed by atoms with Gasteiger partial charge in [-0.1, -0.05) is 5.21 Å². The van der Waals surface area contributed by atoms with E-state index in [0.717, 1.165) is 10.2 Å². The van der Waals surface area contributed by atoms with Crippen LogP contribution in [0.3, 0.4) is 0 Å². The number of hydrogen-bond donors (Lipinski definition) is 1. The molecule has 0 saturated heterocycles. The van der Waals surface area contributed by atoms with Crippen molar-refractivity contribution in [2.45, 2.75) is 12.8 Å². The van der Waals surface area contributed by atoms with Gasteiger partial charge in [0, 0.05) is 12.5 Å². The first-order chi connectivity index (χ1) is 9.10. The maximum Gasteiger partial charge on any atom is 0.303 e. The molecule has 1 aromatic carbocycles. The molecule has 0 aliphatic heterocycles. The summed E-state index contributed by atoms with van der Waals surface area (Å²) in [4.78, 5) is 10.5. The molecule has 0 fully saturated rings. The number of aromatic nitrogens is 3. The zero-order valence-electron chi connectivity index (χ0n) is 10.2. The number of carboxylic acids is 1. The lowest BCUT2D eigenvalue weighted by atomic mass is 10.2. The molecule has 2 rings (SSSR count). The number of benzene rings is 1. The molecule has 0 atom stereocenters. The number of nitrogens with zero attached hydrogens (tertiary/aromatic N) is 3. The molecule has 1 N–H and O–H groups in total. The fraction of sp³-hybridized carbons (Fsp3) is 0.250. The third kappa shape index (κ3) is 3.31. The van der Waals surface area contributed by atoms with Gasteiger partial charge in [0.25, 0.3) is 0 Å². The number of aryl methyl sites for hydroxylation is 1. The number of carbonyl (C=O) groups is 1. The van der Waals surface area contributed by atoms with Crippen molar-refractivity contribution < 1.29 is 14.6 Å². The Labute approximate surface area is 118 Å². The van der Waals surface area contributed by atoms with E-state index < -0.39 is 5.97 Å². The molecule has 100 valence electrons. The van der Waals surface area contributed by atoms with Gasteiger partial charge in [0.1, 0.15) is 5.75 Å². The molecule has 0 aliphatic rings. The first-order valence-electron chi connectivity index (χ1n) is 5.57.